The van der Waals surface area contributed by atoms with Gasteiger partial charge in [-0.05, 0) is 35.7 Å². The number of benzene rings is 3. The van der Waals surface area contributed by atoms with Crippen LogP contribution >= 0.6 is 23.2 Å². The molecule has 1 saturated heterocycles. The average Bonchev–Trinajstić information content (AvgIpc) is 3.42. The molecule has 1 spiro atoms. The van der Waals surface area contributed by atoms with Gasteiger partial charge >= 0.3 is 5.97 Å². The highest BCUT2D eigenvalue weighted by Gasteiger charge is 2.67. The lowest BCUT2D eigenvalue weighted by Crippen LogP contribution is -2.54. The maximum atomic E-state index is 16.0. The minimum Gasteiger partial charge on any atom is -0.465 e. The van der Waals surface area contributed by atoms with Gasteiger partial charge in [-0.1, -0.05) is 61.3 Å². The lowest BCUT2D eigenvalue weighted by Gasteiger charge is -2.40. The predicted molar refractivity (Wildman–Crippen MR) is 163 cm³/mol. The van der Waals surface area contributed by atoms with E-state index in [4.69, 9.17) is 27.9 Å². The zero-order chi connectivity index (χ0) is 31.9. The first-order valence-electron chi connectivity index (χ1n) is 14.0. The van der Waals surface area contributed by atoms with Gasteiger partial charge in [-0.3, -0.25) is 19.8 Å². The number of hydrogen-bond donors (Lipinski definition) is 3. The van der Waals surface area contributed by atoms with Crippen LogP contribution in [0.2, 0.25) is 10.0 Å². The monoisotopic (exact) mass is 644 g/mol. The Hall–Kier alpha value is -3.61. The Labute approximate surface area is 263 Å². The molecule has 0 unspecified atom stereocenters. The zero-order valence-corrected chi connectivity index (χ0v) is 25.7. The Morgan fingerprint density at radius 2 is 1.98 bits per heavy atom. The van der Waals surface area contributed by atoms with Gasteiger partial charge in [0.25, 0.3) is 5.69 Å². The fourth-order valence-corrected chi connectivity index (χ4v) is 7.03. The maximum Gasteiger partial charge on any atom is 0.338 e. The van der Waals surface area contributed by atoms with Crippen LogP contribution in [0.3, 0.4) is 0 Å². The molecular weight excluding hydrogens is 614 g/mol. The fourth-order valence-electron chi connectivity index (χ4n) is 6.68. The molecule has 2 aliphatic rings. The number of amides is 1. The first-order chi connectivity index (χ1) is 20.9. The van der Waals surface area contributed by atoms with Crippen LogP contribution in [-0.4, -0.2) is 59.2 Å². The number of nitro groups is 1. The normalized spacial score (nSPS) is 22.8. The summed E-state index contributed by atoms with van der Waals surface area (Å²) in [6.07, 6.45) is 0. The summed E-state index contributed by atoms with van der Waals surface area (Å²) in [5, 5.41) is 29.4. The number of fused-ring (bicyclic) bond motifs is 2. The summed E-state index contributed by atoms with van der Waals surface area (Å²) < 4.78 is 20.7. The Morgan fingerprint density at radius 1 is 1.23 bits per heavy atom. The second-order valence-electron chi connectivity index (χ2n) is 11.3. The van der Waals surface area contributed by atoms with Gasteiger partial charge in [0.05, 0.1) is 35.3 Å². The van der Waals surface area contributed by atoms with Crippen molar-refractivity contribution in [2.45, 2.75) is 43.9 Å². The summed E-state index contributed by atoms with van der Waals surface area (Å²) in [5.74, 6) is -2.78. The molecule has 1 fully saturated rings. The summed E-state index contributed by atoms with van der Waals surface area (Å²) in [4.78, 5) is 39.6. The number of anilines is 1. The van der Waals surface area contributed by atoms with Crippen molar-refractivity contribution in [2.24, 2.45) is 5.92 Å². The summed E-state index contributed by atoms with van der Waals surface area (Å²) in [6.45, 7) is 3.79. The second kappa shape index (κ2) is 12.4. The third kappa shape index (κ3) is 5.22. The van der Waals surface area contributed by atoms with E-state index in [0.717, 1.165) is 6.07 Å². The van der Waals surface area contributed by atoms with Gasteiger partial charge in [0, 0.05) is 53.0 Å². The number of nitrogens with zero attached hydrogens (tertiary/aromatic N) is 2. The average molecular weight is 646 g/mol. The smallest absolute Gasteiger partial charge is 0.338 e. The molecule has 3 aromatic carbocycles. The van der Waals surface area contributed by atoms with Crippen molar-refractivity contribution in [3.8, 4) is 0 Å². The van der Waals surface area contributed by atoms with E-state index in [2.05, 4.69) is 10.6 Å². The number of nitro benzene ring substituents is 1. The van der Waals surface area contributed by atoms with Crippen LogP contribution in [0, 0.1) is 21.8 Å². The molecule has 44 heavy (non-hydrogen) atoms. The third-order valence-electron chi connectivity index (χ3n) is 8.36. The summed E-state index contributed by atoms with van der Waals surface area (Å²) in [6, 6.07) is 12.0. The topological polar surface area (TPSA) is 134 Å². The summed E-state index contributed by atoms with van der Waals surface area (Å²) >= 11 is 12.6. The minimum atomic E-state index is -1.50. The molecule has 13 heteroatoms. The highest BCUT2D eigenvalue weighted by molar-refractivity contribution is 6.31. The Kier molecular flexibility index (Phi) is 8.97. The van der Waals surface area contributed by atoms with E-state index in [1.54, 1.807) is 30.3 Å². The molecule has 10 nitrogen and oxygen atoms in total. The summed E-state index contributed by atoms with van der Waals surface area (Å²) in [7, 11) is 1.18. The van der Waals surface area contributed by atoms with Crippen LogP contribution in [0.15, 0.2) is 54.6 Å². The first kappa shape index (κ1) is 31.8. The van der Waals surface area contributed by atoms with Crippen LogP contribution in [0.4, 0.5) is 15.8 Å². The highest BCUT2D eigenvalue weighted by atomic mass is 35.5. The van der Waals surface area contributed by atoms with Gasteiger partial charge in [0.2, 0.25) is 5.91 Å². The molecular formula is C31H31Cl2FN4O6. The largest absolute Gasteiger partial charge is 0.465 e. The van der Waals surface area contributed by atoms with Crippen LogP contribution < -0.4 is 10.6 Å². The Morgan fingerprint density at radius 3 is 2.64 bits per heavy atom. The van der Waals surface area contributed by atoms with E-state index >= 15 is 4.39 Å². The molecule has 232 valence electrons. The number of aliphatic hydroxyl groups excluding tert-OH is 1. The minimum absolute atomic E-state index is 0.0101. The van der Waals surface area contributed by atoms with Gasteiger partial charge < -0.3 is 20.5 Å². The molecule has 2 heterocycles. The molecule has 0 aromatic heterocycles. The molecule has 0 aliphatic carbocycles. The number of ether oxygens (including phenoxy) is 1. The number of hydrogen-bond acceptors (Lipinski definition) is 8. The van der Waals surface area contributed by atoms with Crippen LogP contribution in [0.1, 0.15) is 46.8 Å². The van der Waals surface area contributed by atoms with Crippen molar-refractivity contribution in [1.29, 1.82) is 0 Å². The lowest BCUT2D eigenvalue weighted by molar-refractivity contribution is -0.385. The van der Waals surface area contributed by atoms with E-state index in [9.17, 15) is 24.8 Å². The van der Waals surface area contributed by atoms with E-state index in [1.807, 2.05) is 18.7 Å². The van der Waals surface area contributed by atoms with Gasteiger partial charge in [0.15, 0.2) is 0 Å². The molecule has 1 amide bonds. The SMILES string of the molecule is COC(=O)c1ccc(CN[C@H]2[C@@H](CO)N(CC(C)C)[C@]3(C(=O)Nc4cc(Cl)ccc43)[C@@H]2c2cccc(Cl)c2F)c([N+](=O)[O-])c1. The number of carbonyl (C=O) groups is 2. The quantitative estimate of drug-likeness (QED) is 0.163. The number of carbonyl (C=O) groups excluding carboxylic acids is 2. The lowest BCUT2D eigenvalue weighted by atomic mass is 9.73. The maximum absolute atomic E-state index is 16.0. The van der Waals surface area contributed by atoms with Crippen LogP contribution in [-0.2, 0) is 21.6 Å². The number of likely N-dealkylation sites (tertiary alicyclic amines) is 1. The Balaban J connectivity index is 1.70. The van der Waals surface area contributed by atoms with Crippen molar-refractivity contribution in [3.05, 3.63) is 103 Å². The molecule has 3 N–H and O–H groups in total. The van der Waals surface area contributed by atoms with E-state index in [0.29, 0.717) is 22.8 Å². The van der Waals surface area contributed by atoms with Gasteiger partial charge in [0.1, 0.15) is 11.4 Å². The molecule has 0 radical (unpaired) electrons. The van der Waals surface area contributed by atoms with Crippen molar-refractivity contribution in [2.75, 3.05) is 25.6 Å². The number of nitrogens with one attached hydrogen (secondary N) is 2. The molecule has 0 saturated carbocycles. The van der Waals surface area contributed by atoms with E-state index < -0.39 is 52.8 Å². The van der Waals surface area contributed by atoms with Crippen molar-refractivity contribution in [1.82, 2.24) is 10.2 Å². The predicted octanol–water partition coefficient (Wildman–Crippen LogP) is 5.25. The second-order valence-corrected chi connectivity index (χ2v) is 12.2. The standard InChI is InChI=1S/C31H31Cl2FN4O6/c1-16(2)14-37-25(15-39)28(35-13-18-8-7-17(29(40)44-3)11-24(18)38(42)43)26(20-5-4-6-22(33)27(20)34)31(37)21-10-9-19(32)12-23(21)36-30(31)41/h4-12,16,25-26,28,35,39H,13-15H2,1-3H3,(H,36,41)/t25-,26-,28+,31+/m1/s1. The van der Waals surface area contributed by atoms with Crippen molar-refractivity contribution in [3.63, 3.8) is 0 Å². The number of rotatable bonds is 9. The van der Waals surface area contributed by atoms with E-state index in [-0.39, 0.29) is 39.9 Å². The van der Waals surface area contributed by atoms with Gasteiger partial charge in [-0.2, -0.15) is 0 Å². The number of halogens is 3. The number of aliphatic hydroxyl groups is 1. The molecule has 0 bridgehead atoms. The van der Waals surface area contributed by atoms with Gasteiger partial charge in [-0.25, -0.2) is 9.18 Å². The summed E-state index contributed by atoms with van der Waals surface area (Å²) in [5.41, 5.74) is -0.394. The highest BCUT2D eigenvalue weighted by Crippen LogP contribution is 2.58. The van der Waals surface area contributed by atoms with Crippen molar-refractivity contribution < 1.29 is 28.7 Å². The van der Waals surface area contributed by atoms with Crippen molar-refractivity contribution >= 4 is 46.5 Å². The number of methoxy groups -OCH3 is 1. The van der Waals surface area contributed by atoms with Gasteiger partial charge in [-0.15, -0.1) is 0 Å². The Bertz CT molecular complexity index is 1640. The number of esters is 1. The van der Waals surface area contributed by atoms with E-state index in [1.165, 1.54) is 25.3 Å². The zero-order valence-electron chi connectivity index (χ0n) is 24.1. The first-order valence-corrected chi connectivity index (χ1v) is 14.7. The third-order valence-corrected chi connectivity index (χ3v) is 8.89. The molecule has 2 aliphatic heterocycles. The molecule has 4 atom stereocenters. The molecule has 3 aromatic rings. The fraction of sp³-hybridized carbons (Fsp3) is 0.355. The van der Waals surface area contributed by atoms with Crippen LogP contribution in [0.5, 0.6) is 0 Å². The van der Waals surface area contributed by atoms with Crippen LogP contribution in [0.25, 0.3) is 0 Å². The molecule has 5 rings (SSSR count).